The average molecular weight is 297 g/mol. The highest BCUT2D eigenvalue weighted by molar-refractivity contribution is 5.70. The summed E-state index contributed by atoms with van der Waals surface area (Å²) in [6.07, 6.45) is 13.2. The first-order chi connectivity index (χ1) is 10.7. The minimum atomic E-state index is -0.234. The quantitative estimate of drug-likeness (QED) is 0.745. The lowest BCUT2D eigenvalue weighted by atomic mass is 9.84. The highest BCUT2D eigenvalue weighted by Gasteiger charge is 2.41. The van der Waals surface area contributed by atoms with Crippen LogP contribution in [0.1, 0.15) is 43.2 Å². The number of amides is 1. The van der Waals surface area contributed by atoms with Crippen molar-refractivity contribution in [3.8, 4) is 12.3 Å². The van der Waals surface area contributed by atoms with Crippen molar-refractivity contribution in [2.75, 3.05) is 6.61 Å². The van der Waals surface area contributed by atoms with Crippen LogP contribution in [0.15, 0.2) is 24.3 Å². The molecule has 1 heterocycles. The Morgan fingerprint density at radius 2 is 1.95 bits per heavy atom. The number of benzene rings is 1. The van der Waals surface area contributed by atoms with E-state index in [1.807, 2.05) is 0 Å². The number of nitrogens with one attached hydrogen (secondary N) is 1. The number of rotatable bonds is 0. The second-order valence-electron chi connectivity index (χ2n) is 6.56. The third kappa shape index (κ3) is 3.27. The van der Waals surface area contributed by atoms with Crippen LogP contribution in [-0.2, 0) is 17.6 Å². The largest absolute Gasteiger partial charge is 0.447 e. The molecule has 3 aliphatic rings. The first-order valence-electron chi connectivity index (χ1n) is 8.19. The first-order valence-corrected chi connectivity index (χ1v) is 8.19. The molecule has 0 bridgehead atoms. The zero-order chi connectivity index (χ0) is 15.4. The monoisotopic (exact) mass is 297 g/mol. The Morgan fingerprint density at radius 1 is 1.23 bits per heavy atom. The van der Waals surface area contributed by atoms with Gasteiger partial charge in [-0.1, -0.05) is 37.1 Å². The molecule has 0 radical (unpaired) electrons. The van der Waals surface area contributed by atoms with Crippen LogP contribution in [0.5, 0.6) is 0 Å². The van der Waals surface area contributed by atoms with Crippen molar-refractivity contribution >= 4 is 6.09 Å². The molecule has 2 aliphatic carbocycles. The van der Waals surface area contributed by atoms with E-state index in [0.717, 1.165) is 32.1 Å². The van der Waals surface area contributed by atoms with Gasteiger partial charge < -0.3 is 10.1 Å². The fourth-order valence-electron chi connectivity index (χ4n) is 3.65. The second-order valence-corrected chi connectivity index (χ2v) is 6.56. The van der Waals surface area contributed by atoms with Gasteiger partial charge in [0.15, 0.2) is 0 Å². The molecule has 1 aromatic carbocycles. The van der Waals surface area contributed by atoms with E-state index in [2.05, 4.69) is 35.5 Å². The van der Waals surface area contributed by atoms with Gasteiger partial charge in [-0.25, -0.2) is 4.79 Å². The van der Waals surface area contributed by atoms with E-state index in [1.165, 1.54) is 24.0 Å². The molecule has 1 aromatic rings. The number of hydrogen-bond donors (Lipinski definition) is 1. The summed E-state index contributed by atoms with van der Waals surface area (Å²) in [5.74, 6) is 3.32. The van der Waals surface area contributed by atoms with E-state index in [1.54, 1.807) is 0 Å². The molecule has 1 saturated heterocycles. The number of hydrogen-bond acceptors (Lipinski definition) is 2. The van der Waals surface area contributed by atoms with Gasteiger partial charge in [-0.2, -0.15) is 0 Å². The Hall–Kier alpha value is -1.95. The first kappa shape index (κ1) is 15.0. The molecule has 3 nitrogen and oxygen atoms in total. The summed E-state index contributed by atoms with van der Waals surface area (Å²) >= 11 is 0. The maximum Gasteiger partial charge on any atom is 0.407 e. The molecule has 3 heteroatoms. The molecule has 1 spiro atoms. The third-order valence-electron chi connectivity index (χ3n) is 4.99. The summed E-state index contributed by atoms with van der Waals surface area (Å²) in [6.45, 7) is 0.589. The van der Waals surface area contributed by atoms with Crippen molar-refractivity contribution in [2.45, 2.75) is 50.5 Å². The number of cyclic esters (lactones) is 1. The molecular weight excluding hydrogens is 274 g/mol. The summed E-state index contributed by atoms with van der Waals surface area (Å²) < 4.78 is 4.84. The van der Waals surface area contributed by atoms with E-state index >= 15 is 0 Å². The van der Waals surface area contributed by atoms with Crippen LogP contribution in [0.4, 0.5) is 4.79 Å². The fraction of sp³-hybridized carbons (Fsp3) is 0.526. The fourth-order valence-corrected chi connectivity index (χ4v) is 3.65. The van der Waals surface area contributed by atoms with Crippen molar-refractivity contribution in [1.29, 1.82) is 0 Å². The topological polar surface area (TPSA) is 38.3 Å². The molecule has 0 aromatic heterocycles. The number of aryl methyl sites for hydroxylation is 1. The predicted octanol–water partition coefficient (Wildman–Crippen LogP) is 3.46. The predicted molar refractivity (Wildman–Crippen MR) is 86.5 cm³/mol. The van der Waals surface area contributed by atoms with E-state index in [-0.39, 0.29) is 11.6 Å². The lowest BCUT2D eigenvalue weighted by Gasteiger charge is -2.20. The maximum absolute atomic E-state index is 10.7. The van der Waals surface area contributed by atoms with Gasteiger partial charge in [-0.3, -0.25) is 0 Å². The van der Waals surface area contributed by atoms with Gasteiger partial charge in [0.2, 0.25) is 0 Å². The smallest absolute Gasteiger partial charge is 0.407 e. The van der Waals surface area contributed by atoms with Crippen molar-refractivity contribution in [2.24, 2.45) is 5.92 Å². The molecule has 116 valence electrons. The highest BCUT2D eigenvalue weighted by Crippen LogP contribution is 2.32. The number of fused-ring (bicyclic) bond motifs is 1. The van der Waals surface area contributed by atoms with Crippen molar-refractivity contribution < 1.29 is 9.53 Å². The normalized spacial score (nSPS) is 24.5. The summed E-state index contributed by atoms with van der Waals surface area (Å²) in [4.78, 5) is 10.7. The number of carbonyl (C=O) groups is 1. The van der Waals surface area contributed by atoms with Gasteiger partial charge in [0, 0.05) is 5.92 Å². The summed E-state index contributed by atoms with van der Waals surface area (Å²) in [5, 5.41) is 2.87. The molecule has 2 fully saturated rings. The molecule has 1 saturated carbocycles. The van der Waals surface area contributed by atoms with Crippen LogP contribution < -0.4 is 5.32 Å². The summed E-state index contributed by atoms with van der Waals surface area (Å²) in [5.41, 5.74) is 2.98. The SMILES string of the molecule is C#CC1CCc2ccccc2C1.O=C1NC2(CCCC2)CO1. The van der Waals surface area contributed by atoms with Gasteiger partial charge in [-0.05, 0) is 43.2 Å². The Morgan fingerprint density at radius 3 is 2.59 bits per heavy atom. The molecule has 4 rings (SSSR count). The zero-order valence-electron chi connectivity index (χ0n) is 12.9. The van der Waals surface area contributed by atoms with Crippen LogP contribution in [0.3, 0.4) is 0 Å². The Kier molecular flexibility index (Phi) is 4.38. The van der Waals surface area contributed by atoms with Gasteiger partial charge in [0.05, 0.1) is 5.54 Å². The second kappa shape index (κ2) is 6.44. The molecule has 1 atom stereocenters. The number of ether oxygens (including phenoxy) is 1. The lowest BCUT2D eigenvalue weighted by Crippen LogP contribution is -2.40. The van der Waals surface area contributed by atoms with Crippen LogP contribution in [0, 0.1) is 18.3 Å². The Balaban J connectivity index is 0.000000133. The van der Waals surface area contributed by atoms with Crippen molar-refractivity contribution in [1.82, 2.24) is 5.32 Å². The number of terminal acetylenes is 1. The number of alkyl carbamates (subject to hydrolysis) is 1. The molecule has 1 N–H and O–H groups in total. The van der Waals surface area contributed by atoms with Crippen LogP contribution in [0.25, 0.3) is 0 Å². The van der Waals surface area contributed by atoms with Crippen molar-refractivity contribution in [3.05, 3.63) is 35.4 Å². The van der Waals surface area contributed by atoms with Crippen LogP contribution >= 0.6 is 0 Å². The summed E-state index contributed by atoms with van der Waals surface area (Å²) in [6, 6.07) is 8.60. The van der Waals surface area contributed by atoms with Gasteiger partial charge in [0.25, 0.3) is 0 Å². The average Bonchev–Trinajstić information content (AvgIpc) is 3.17. The molecule has 22 heavy (non-hydrogen) atoms. The molecule has 1 amide bonds. The third-order valence-corrected chi connectivity index (χ3v) is 4.99. The van der Waals surface area contributed by atoms with E-state index < -0.39 is 0 Å². The van der Waals surface area contributed by atoms with Crippen molar-refractivity contribution in [3.63, 3.8) is 0 Å². The Labute approximate surface area is 132 Å². The van der Waals surface area contributed by atoms with Gasteiger partial charge in [-0.15, -0.1) is 12.3 Å². The maximum atomic E-state index is 10.7. The zero-order valence-corrected chi connectivity index (χ0v) is 12.9. The highest BCUT2D eigenvalue weighted by atomic mass is 16.6. The van der Waals surface area contributed by atoms with Crippen LogP contribution in [-0.4, -0.2) is 18.2 Å². The molecule has 1 aliphatic heterocycles. The van der Waals surface area contributed by atoms with Gasteiger partial charge in [0.1, 0.15) is 6.61 Å². The Bertz CT molecular complexity index is 581. The van der Waals surface area contributed by atoms with E-state index in [0.29, 0.717) is 12.5 Å². The lowest BCUT2D eigenvalue weighted by molar-refractivity contribution is 0.172. The van der Waals surface area contributed by atoms with Crippen LogP contribution in [0.2, 0.25) is 0 Å². The molecular formula is C19H23NO2. The minimum Gasteiger partial charge on any atom is -0.447 e. The number of carbonyl (C=O) groups excluding carboxylic acids is 1. The standard InChI is InChI=1S/C12H12.C7H11NO2/c1-2-10-7-8-11-5-3-4-6-12(11)9-10;9-6-8-7(5-10-6)3-1-2-4-7/h1,3-6,10H,7-9H2;1-5H2,(H,8,9). The van der Waals surface area contributed by atoms with E-state index in [9.17, 15) is 4.79 Å². The summed E-state index contributed by atoms with van der Waals surface area (Å²) in [7, 11) is 0. The van der Waals surface area contributed by atoms with Gasteiger partial charge >= 0.3 is 6.09 Å². The molecule has 1 unspecified atom stereocenters. The van der Waals surface area contributed by atoms with E-state index in [4.69, 9.17) is 11.2 Å². The minimum absolute atomic E-state index is 0.0388.